The monoisotopic (exact) mass is 343 g/mol. The molecule has 2 N–H and O–H groups in total. The van der Waals surface area contributed by atoms with E-state index in [1.54, 1.807) is 36.4 Å². The van der Waals surface area contributed by atoms with E-state index < -0.39 is 5.41 Å². The standard InChI is InChI=1S/C20H22FNO3/c1-13-11-20(13,19(22)23)12-14(2)24-16-6-8-17(9-7-16)25-18-5-3-4-15(21)10-18/h3-10,13-14H,11-12H2,1-2H3,(H2,22,23). The molecule has 1 amide bonds. The highest BCUT2D eigenvalue weighted by Gasteiger charge is 2.56. The van der Waals surface area contributed by atoms with Gasteiger partial charge in [0.15, 0.2) is 0 Å². The van der Waals surface area contributed by atoms with Crippen LogP contribution in [0.25, 0.3) is 0 Å². The van der Waals surface area contributed by atoms with Crippen molar-refractivity contribution in [2.24, 2.45) is 17.1 Å². The molecule has 0 bridgehead atoms. The highest BCUT2D eigenvalue weighted by molar-refractivity contribution is 5.84. The maximum absolute atomic E-state index is 13.2. The van der Waals surface area contributed by atoms with Crippen molar-refractivity contribution >= 4 is 5.91 Å². The lowest BCUT2D eigenvalue weighted by atomic mass is 9.95. The number of carbonyl (C=O) groups excluding carboxylic acids is 1. The molecule has 1 fully saturated rings. The lowest BCUT2D eigenvalue weighted by Crippen LogP contribution is -2.31. The van der Waals surface area contributed by atoms with Crippen molar-refractivity contribution in [1.29, 1.82) is 0 Å². The van der Waals surface area contributed by atoms with E-state index in [0.717, 1.165) is 6.42 Å². The third-order valence-corrected chi connectivity index (χ3v) is 4.79. The third kappa shape index (κ3) is 3.92. The number of nitrogens with two attached hydrogens (primary N) is 1. The lowest BCUT2D eigenvalue weighted by Gasteiger charge is -2.20. The summed E-state index contributed by atoms with van der Waals surface area (Å²) in [5.41, 5.74) is 5.11. The topological polar surface area (TPSA) is 61.6 Å². The van der Waals surface area contributed by atoms with Gasteiger partial charge < -0.3 is 15.2 Å². The van der Waals surface area contributed by atoms with E-state index in [0.29, 0.717) is 29.6 Å². The summed E-state index contributed by atoms with van der Waals surface area (Å²) in [7, 11) is 0. The van der Waals surface area contributed by atoms with Gasteiger partial charge in [-0.1, -0.05) is 13.0 Å². The van der Waals surface area contributed by atoms with Gasteiger partial charge >= 0.3 is 0 Å². The molecule has 4 nitrogen and oxygen atoms in total. The van der Waals surface area contributed by atoms with Crippen LogP contribution in [0.1, 0.15) is 26.7 Å². The Morgan fingerprint density at radius 3 is 2.44 bits per heavy atom. The van der Waals surface area contributed by atoms with Crippen LogP contribution in [0.3, 0.4) is 0 Å². The Balaban J connectivity index is 1.58. The average molecular weight is 343 g/mol. The first kappa shape index (κ1) is 17.3. The summed E-state index contributed by atoms with van der Waals surface area (Å²) in [6.07, 6.45) is 1.33. The molecule has 0 spiro atoms. The number of ether oxygens (including phenoxy) is 2. The highest BCUT2D eigenvalue weighted by atomic mass is 19.1. The Kier molecular flexibility index (Phi) is 4.66. The van der Waals surface area contributed by atoms with Gasteiger partial charge in [0, 0.05) is 6.07 Å². The quantitative estimate of drug-likeness (QED) is 0.816. The highest BCUT2D eigenvalue weighted by Crippen LogP contribution is 2.55. The summed E-state index contributed by atoms with van der Waals surface area (Å²) in [6, 6.07) is 13.1. The maximum atomic E-state index is 13.2. The smallest absolute Gasteiger partial charge is 0.224 e. The zero-order chi connectivity index (χ0) is 18.0. The fraction of sp³-hybridized carbons (Fsp3) is 0.350. The van der Waals surface area contributed by atoms with Gasteiger partial charge in [-0.15, -0.1) is 0 Å². The van der Waals surface area contributed by atoms with Gasteiger partial charge in [-0.2, -0.15) is 0 Å². The summed E-state index contributed by atoms with van der Waals surface area (Å²) in [4.78, 5) is 11.6. The first-order valence-corrected chi connectivity index (χ1v) is 8.39. The van der Waals surface area contributed by atoms with E-state index in [-0.39, 0.29) is 17.8 Å². The van der Waals surface area contributed by atoms with Crippen molar-refractivity contribution in [2.45, 2.75) is 32.8 Å². The van der Waals surface area contributed by atoms with Crippen LogP contribution in [0.15, 0.2) is 48.5 Å². The number of carbonyl (C=O) groups is 1. The lowest BCUT2D eigenvalue weighted by molar-refractivity contribution is -0.124. The van der Waals surface area contributed by atoms with Crippen molar-refractivity contribution in [3.63, 3.8) is 0 Å². The zero-order valence-electron chi connectivity index (χ0n) is 14.4. The van der Waals surface area contributed by atoms with Crippen LogP contribution in [0, 0.1) is 17.2 Å². The molecular formula is C20H22FNO3. The summed E-state index contributed by atoms with van der Waals surface area (Å²) in [5.74, 6) is 1.45. The van der Waals surface area contributed by atoms with Crippen molar-refractivity contribution < 1.29 is 18.7 Å². The number of amides is 1. The number of hydrogen-bond donors (Lipinski definition) is 1. The second-order valence-corrected chi connectivity index (χ2v) is 6.79. The van der Waals surface area contributed by atoms with E-state index in [2.05, 4.69) is 0 Å². The minimum Gasteiger partial charge on any atom is -0.491 e. The summed E-state index contributed by atoms with van der Waals surface area (Å²) >= 11 is 0. The second-order valence-electron chi connectivity index (χ2n) is 6.79. The van der Waals surface area contributed by atoms with E-state index in [1.807, 2.05) is 13.8 Å². The summed E-state index contributed by atoms with van der Waals surface area (Å²) in [6.45, 7) is 3.98. The van der Waals surface area contributed by atoms with Crippen LogP contribution < -0.4 is 15.2 Å². The Labute approximate surface area is 146 Å². The normalized spacial score (nSPS) is 22.9. The van der Waals surface area contributed by atoms with E-state index in [1.165, 1.54) is 12.1 Å². The van der Waals surface area contributed by atoms with Crippen molar-refractivity contribution in [2.75, 3.05) is 0 Å². The molecule has 0 saturated heterocycles. The molecule has 0 aromatic heterocycles. The summed E-state index contributed by atoms with van der Waals surface area (Å²) < 4.78 is 24.7. The van der Waals surface area contributed by atoms with E-state index in [4.69, 9.17) is 15.2 Å². The van der Waals surface area contributed by atoms with E-state index in [9.17, 15) is 9.18 Å². The fourth-order valence-corrected chi connectivity index (χ4v) is 3.26. The SMILES string of the molecule is CC(CC1(C(N)=O)CC1C)Oc1ccc(Oc2cccc(F)c2)cc1. The number of primary amides is 1. The molecule has 3 rings (SSSR count). The van der Waals surface area contributed by atoms with Gasteiger partial charge in [0.05, 0.1) is 11.5 Å². The van der Waals surface area contributed by atoms with Crippen LogP contribution in [0.5, 0.6) is 17.2 Å². The van der Waals surface area contributed by atoms with Crippen molar-refractivity contribution in [3.8, 4) is 17.2 Å². The Morgan fingerprint density at radius 2 is 1.88 bits per heavy atom. The molecule has 0 heterocycles. The molecule has 132 valence electrons. The Bertz CT molecular complexity index is 762. The minimum absolute atomic E-state index is 0.118. The molecule has 1 aliphatic rings. The Morgan fingerprint density at radius 1 is 1.24 bits per heavy atom. The fourth-order valence-electron chi connectivity index (χ4n) is 3.26. The Hall–Kier alpha value is -2.56. The van der Waals surface area contributed by atoms with Crippen LogP contribution in [-0.2, 0) is 4.79 Å². The van der Waals surface area contributed by atoms with Gasteiger partial charge in [-0.3, -0.25) is 4.79 Å². The molecule has 3 atom stereocenters. The van der Waals surface area contributed by atoms with Gasteiger partial charge in [0.25, 0.3) is 0 Å². The molecule has 1 saturated carbocycles. The van der Waals surface area contributed by atoms with Crippen LogP contribution in [0.2, 0.25) is 0 Å². The second kappa shape index (κ2) is 6.75. The molecular weight excluding hydrogens is 321 g/mol. The third-order valence-electron chi connectivity index (χ3n) is 4.79. The molecule has 1 aliphatic carbocycles. The predicted octanol–water partition coefficient (Wildman–Crippen LogP) is 4.29. The van der Waals surface area contributed by atoms with Crippen molar-refractivity contribution in [1.82, 2.24) is 0 Å². The average Bonchev–Trinajstić information content (AvgIpc) is 3.20. The predicted molar refractivity (Wildman–Crippen MR) is 93.0 cm³/mol. The van der Waals surface area contributed by atoms with Crippen LogP contribution in [-0.4, -0.2) is 12.0 Å². The molecule has 2 aromatic carbocycles. The molecule has 25 heavy (non-hydrogen) atoms. The number of rotatable bonds is 7. The van der Waals surface area contributed by atoms with Crippen LogP contribution >= 0.6 is 0 Å². The van der Waals surface area contributed by atoms with Gasteiger partial charge in [0.2, 0.25) is 5.91 Å². The number of halogens is 1. The number of hydrogen-bond acceptors (Lipinski definition) is 3. The van der Waals surface area contributed by atoms with Crippen LogP contribution in [0.4, 0.5) is 4.39 Å². The minimum atomic E-state index is -0.417. The van der Waals surface area contributed by atoms with Gasteiger partial charge in [0.1, 0.15) is 23.1 Å². The molecule has 2 aromatic rings. The summed E-state index contributed by atoms with van der Waals surface area (Å²) in [5, 5.41) is 0. The van der Waals surface area contributed by atoms with Gasteiger partial charge in [-0.25, -0.2) is 4.39 Å². The molecule has 3 unspecified atom stereocenters. The van der Waals surface area contributed by atoms with Gasteiger partial charge in [-0.05, 0) is 62.1 Å². The zero-order valence-corrected chi connectivity index (χ0v) is 14.4. The molecule has 0 aliphatic heterocycles. The van der Waals surface area contributed by atoms with E-state index >= 15 is 0 Å². The molecule has 0 radical (unpaired) electrons. The maximum Gasteiger partial charge on any atom is 0.224 e. The first-order valence-electron chi connectivity index (χ1n) is 8.39. The number of benzene rings is 2. The largest absolute Gasteiger partial charge is 0.491 e. The van der Waals surface area contributed by atoms with Crippen molar-refractivity contribution in [3.05, 3.63) is 54.3 Å². The molecule has 5 heteroatoms. The first-order chi connectivity index (χ1) is 11.9.